The SMILES string of the molecule is Cc1cc(C)c(N2C(Br)C(Br)N(c3c(C)cc(C)cc3C)C2(Cl)Cl)c(C)c1. The van der Waals surface area contributed by atoms with Crippen LogP contribution in [0, 0.1) is 41.5 Å². The predicted octanol–water partition coefficient (Wildman–Crippen LogP) is 7.39. The zero-order chi connectivity index (χ0) is 20.3. The van der Waals surface area contributed by atoms with Gasteiger partial charge in [0.15, 0.2) is 0 Å². The van der Waals surface area contributed by atoms with E-state index < -0.39 is 4.58 Å². The molecule has 2 aromatic carbocycles. The van der Waals surface area contributed by atoms with Crippen molar-refractivity contribution in [2.75, 3.05) is 9.80 Å². The largest absolute Gasteiger partial charge is 0.307 e. The number of aryl methyl sites for hydroxylation is 6. The van der Waals surface area contributed by atoms with Crippen LogP contribution in [-0.2, 0) is 0 Å². The molecule has 0 N–H and O–H groups in total. The van der Waals surface area contributed by atoms with Gasteiger partial charge < -0.3 is 9.80 Å². The number of hydrogen-bond acceptors (Lipinski definition) is 2. The molecule has 2 aromatic rings. The summed E-state index contributed by atoms with van der Waals surface area (Å²) in [5.74, 6) is 0. The number of anilines is 2. The highest BCUT2D eigenvalue weighted by Crippen LogP contribution is 2.53. The number of nitrogens with zero attached hydrogens (tertiary/aromatic N) is 2. The van der Waals surface area contributed by atoms with Crippen LogP contribution in [0.4, 0.5) is 11.4 Å². The number of benzene rings is 2. The molecule has 0 amide bonds. The van der Waals surface area contributed by atoms with Crippen molar-refractivity contribution in [3.8, 4) is 0 Å². The molecule has 2 nitrogen and oxygen atoms in total. The fraction of sp³-hybridized carbons (Fsp3) is 0.429. The van der Waals surface area contributed by atoms with Gasteiger partial charge >= 0.3 is 0 Å². The fourth-order valence-electron chi connectivity index (χ4n) is 4.28. The van der Waals surface area contributed by atoms with Crippen LogP contribution in [0.1, 0.15) is 33.4 Å². The summed E-state index contributed by atoms with van der Waals surface area (Å²) in [5.41, 5.74) is 9.19. The number of alkyl halides is 4. The molecule has 1 aliphatic heterocycles. The molecule has 1 aliphatic rings. The first-order valence-electron chi connectivity index (χ1n) is 8.87. The highest BCUT2D eigenvalue weighted by molar-refractivity contribution is 9.12. The van der Waals surface area contributed by atoms with E-state index in [1.807, 2.05) is 0 Å². The van der Waals surface area contributed by atoms with Gasteiger partial charge in [-0.3, -0.25) is 0 Å². The van der Waals surface area contributed by atoms with Gasteiger partial charge in [-0.2, -0.15) is 0 Å². The average molecular weight is 535 g/mol. The third kappa shape index (κ3) is 3.52. The van der Waals surface area contributed by atoms with Crippen LogP contribution >= 0.6 is 55.1 Å². The minimum absolute atomic E-state index is 0.104. The zero-order valence-electron chi connectivity index (χ0n) is 16.4. The normalized spacial score (nSPS) is 21.9. The quantitative estimate of drug-likeness (QED) is 0.292. The first-order chi connectivity index (χ1) is 12.5. The molecule has 0 spiro atoms. The summed E-state index contributed by atoms with van der Waals surface area (Å²) in [6, 6.07) is 8.67. The van der Waals surface area contributed by atoms with Crippen LogP contribution in [0.25, 0.3) is 0 Å². The Bertz CT molecular complexity index is 780. The van der Waals surface area contributed by atoms with Crippen LogP contribution in [-0.4, -0.2) is 14.5 Å². The summed E-state index contributed by atoms with van der Waals surface area (Å²) in [5, 5.41) is 0. The predicted molar refractivity (Wildman–Crippen MR) is 126 cm³/mol. The van der Waals surface area contributed by atoms with Gasteiger partial charge in [-0.1, -0.05) is 90.5 Å². The van der Waals surface area contributed by atoms with Crippen LogP contribution in [0.3, 0.4) is 0 Å². The van der Waals surface area contributed by atoms with Crippen LogP contribution < -0.4 is 9.80 Å². The molecule has 0 aliphatic carbocycles. The van der Waals surface area contributed by atoms with Gasteiger partial charge in [0, 0.05) is 11.4 Å². The molecule has 0 aromatic heterocycles. The van der Waals surface area contributed by atoms with Gasteiger partial charge in [-0.25, -0.2) is 0 Å². The van der Waals surface area contributed by atoms with Crippen molar-refractivity contribution in [2.45, 2.75) is 56.0 Å². The van der Waals surface area contributed by atoms with E-state index in [9.17, 15) is 0 Å². The van der Waals surface area contributed by atoms with E-state index in [1.165, 1.54) is 11.1 Å². The smallest absolute Gasteiger partial charge is 0.272 e. The number of halogens is 4. The van der Waals surface area contributed by atoms with Crippen LogP contribution in [0.15, 0.2) is 24.3 Å². The Hall–Kier alpha value is -0.420. The van der Waals surface area contributed by atoms with E-state index in [0.717, 1.165) is 33.6 Å². The standard InChI is InChI=1S/C21H24Br2Cl2N2/c1-11-7-13(3)17(14(4)8-11)26-19(22)20(23)27(21(26,24)25)18-15(5)9-12(2)10-16(18)6/h7-10,19-20H,1-6H3. The first kappa shape index (κ1) is 21.3. The van der Waals surface area contributed by atoms with Crippen molar-refractivity contribution >= 4 is 66.4 Å². The second-order valence-corrected chi connectivity index (χ2v) is 10.6. The minimum Gasteiger partial charge on any atom is -0.307 e. The van der Waals surface area contributed by atoms with Gasteiger partial charge in [0.25, 0.3) is 4.58 Å². The second kappa shape index (κ2) is 7.44. The lowest BCUT2D eigenvalue weighted by atomic mass is 10.0. The molecule has 0 radical (unpaired) electrons. The molecule has 2 atom stereocenters. The lowest BCUT2D eigenvalue weighted by Gasteiger charge is -2.38. The lowest BCUT2D eigenvalue weighted by Crippen LogP contribution is -2.46. The highest BCUT2D eigenvalue weighted by atomic mass is 79.9. The maximum Gasteiger partial charge on any atom is 0.272 e. The molecule has 27 heavy (non-hydrogen) atoms. The van der Waals surface area contributed by atoms with E-state index in [0.29, 0.717) is 0 Å². The van der Waals surface area contributed by atoms with Crippen molar-refractivity contribution in [3.05, 3.63) is 57.6 Å². The van der Waals surface area contributed by atoms with E-state index in [-0.39, 0.29) is 9.90 Å². The number of rotatable bonds is 2. The fourth-order valence-corrected chi connectivity index (χ4v) is 6.98. The van der Waals surface area contributed by atoms with Crippen LogP contribution in [0.5, 0.6) is 0 Å². The summed E-state index contributed by atoms with van der Waals surface area (Å²) in [6.45, 7) is 12.6. The van der Waals surface area contributed by atoms with Crippen LogP contribution in [0.2, 0.25) is 0 Å². The Morgan fingerprint density at radius 1 is 0.667 bits per heavy atom. The summed E-state index contributed by atoms with van der Waals surface area (Å²) in [6.07, 6.45) is 0. The van der Waals surface area contributed by atoms with E-state index in [4.69, 9.17) is 23.2 Å². The topological polar surface area (TPSA) is 6.48 Å². The van der Waals surface area contributed by atoms with Crippen molar-refractivity contribution in [2.24, 2.45) is 0 Å². The van der Waals surface area contributed by atoms with Crippen molar-refractivity contribution in [3.63, 3.8) is 0 Å². The molecule has 146 valence electrons. The van der Waals surface area contributed by atoms with E-state index >= 15 is 0 Å². The summed E-state index contributed by atoms with van der Waals surface area (Å²) in [7, 11) is 0. The molecule has 1 fully saturated rings. The van der Waals surface area contributed by atoms with Gasteiger partial charge in [-0.15, -0.1) is 0 Å². The molecule has 0 bridgehead atoms. The Morgan fingerprint density at radius 3 is 1.19 bits per heavy atom. The average Bonchev–Trinajstić information content (AvgIpc) is 2.67. The second-order valence-electron chi connectivity index (χ2n) is 7.49. The van der Waals surface area contributed by atoms with Crippen molar-refractivity contribution < 1.29 is 0 Å². The molecule has 2 unspecified atom stereocenters. The van der Waals surface area contributed by atoms with Gasteiger partial charge in [-0.05, 0) is 63.8 Å². The Labute approximate surface area is 189 Å². The summed E-state index contributed by atoms with van der Waals surface area (Å²) < 4.78 is -1.25. The van der Waals surface area contributed by atoms with Crippen molar-refractivity contribution in [1.29, 1.82) is 0 Å². The number of hydrogen-bond donors (Lipinski definition) is 0. The van der Waals surface area contributed by atoms with Crippen molar-refractivity contribution in [1.82, 2.24) is 0 Å². The van der Waals surface area contributed by atoms with Gasteiger partial charge in [0.2, 0.25) is 0 Å². The highest BCUT2D eigenvalue weighted by Gasteiger charge is 2.56. The Kier molecular flexibility index (Phi) is 5.87. The first-order valence-corrected chi connectivity index (χ1v) is 11.5. The third-order valence-electron chi connectivity index (χ3n) is 5.05. The van der Waals surface area contributed by atoms with E-state index in [2.05, 4.69) is 107 Å². The van der Waals surface area contributed by atoms with E-state index in [1.54, 1.807) is 0 Å². The maximum absolute atomic E-state index is 7.08. The monoisotopic (exact) mass is 532 g/mol. The summed E-state index contributed by atoms with van der Waals surface area (Å²) >= 11 is 21.8. The maximum atomic E-state index is 7.08. The Balaban J connectivity index is 2.20. The molecule has 1 saturated heterocycles. The minimum atomic E-state index is -1.25. The molecule has 3 rings (SSSR count). The molecular formula is C21H24Br2Cl2N2. The van der Waals surface area contributed by atoms with Gasteiger partial charge in [0.1, 0.15) is 9.90 Å². The molecular weight excluding hydrogens is 511 g/mol. The molecule has 0 saturated carbocycles. The molecule has 6 heteroatoms. The zero-order valence-corrected chi connectivity index (χ0v) is 21.1. The lowest BCUT2D eigenvalue weighted by molar-refractivity contribution is 0.785. The Morgan fingerprint density at radius 2 is 0.926 bits per heavy atom. The molecule has 1 heterocycles. The van der Waals surface area contributed by atoms with Gasteiger partial charge in [0.05, 0.1) is 0 Å². The summed E-state index contributed by atoms with van der Waals surface area (Å²) in [4.78, 5) is 3.90. The third-order valence-corrected chi connectivity index (χ3v) is 8.31.